The predicted octanol–water partition coefficient (Wildman–Crippen LogP) is 1.44. The Morgan fingerprint density at radius 1 is 0.450 bits per heavy atom. The summed E-state index contributed by atoms with van der Waals surface area (Å²) in [5.41, 5.74) is 1.77. The highest BCUT2D eigenvalue weighted by atomic mass is 16.2. The molecule has 4 heteroatoms. The zero-order valence-electron chi connectivity index (χ0n) is 11.9. The SMILES string of the molecule is CC1=C(C)C(=O)C2C(C1=O)C1C(=O)C(C)=C(C)C(=O)C21. The zero-order valence-corrected chi connectivity index (χ0v) is 11.9. The van der Waals surface area contributed by atoms with Gasteiger partial charge in [-0.05, 0) is 50.0 Å². The minimum atomic E-state index is -0.615. The van der Waals surface area contributed by atoms with Gasteiger partial charge in [0.15, 0.2) is 23.1 Å². The number of carbonyl (C=O) groups is 4. The Balaban J connectivity index is 2.13. The Morgan fingerprint density at radius 2 is 0.600 bits per heavy atom. The molecule has 0 N–H and O–H groups in total. The fourth-order valence-corrected chi connectivity index (χ4v) is 3.79. The lowest BCUT2D eigenvalue weighted by atomic mass is 9.46. The smallest absolute Gasteiger partial charge is 0.163 e. The van der Waals surface area contributed by atoms with E-state index in [-0.39, 0.29) is 23.1 Å². The molecule has 0 aromatic rings. The number of hydrogen-bond donors (Lipinski definition) is 0. The van der Waals surface area contributed by atoms with Crippen molar-refractivity contribution in [2.45, 2.75) is 27.7 Å². The van der Waals surface area contributed by atoms with Crippen LogP contribution in [0.1, 0.15) is 27.7 Å². The lowest BCUT2D eigenvalue weighted by Crippen LogP contribution is -2.63. The molecule has 3 rings (SSSR count). The molecule has 0 atom stereocenters. The minimum Gasteiger partial charge on any atom is -0.294 e. The Hall–Kier alpha value is -1.84. The van der Waals surface area contributed by atoms with Crippen molar-refractivity contribution in [3.63, 3.8) is 0 Å². The first kappa shape index (κ1) is 13.2. The summed E-state index contributed by atoms with van der Waals surface area (Å²) in [6.07, 6.45) is 0. The van der Waals surface area contributed by atoms with Crippen LogP contribution >= 0.6 is 0 Å². The Morgan fingerprint density at radius 3 is 0.750 bits per heavy atom. The van der Waals surface area contributed by atoms with E-state index in [0.717, 1.165) is 0 Å². The van der Waals surface area contributed by atoms with E-state index in [9.17, 15) is 19.2 Å². The van der Waals surface area contributed by atoms with E-state index in [1.54, 1.807) is 27.7 Å². The summed E-state index contributed by atoms with van der Waals surface area (Å²) in [5.74, 6) is -3.01. The van der Waals surface area contributed by atoms with Crippen LogP contribution in [-0.2, 0) is 19.2 Å². The molecule has 0 aliphatic heterocycles. The summed E-state index contributed by atoms with van der Waals surface area (Å²) in [7, 11) is 0. The van der Waals surface area contributed by atoms with E-state index >= 15 is 0 Å². The van der Waals surface area contributed by atoms with Crippen LogP contribution in [0.4, 0.5) is 0 Å². The van der Waals surface area contributed by atoms with Crippen molar-refractivity contribution in [2.24, 2.45) is 23.7 Å². The molecule has 1 fully saturated rings. The topological polar surface area (TPSA) is 68.3 Å². The van der Waals surface area contributed by atoms with Gasteiger partial charge in [-0.3, -0.25) is 19.2 Å². The highest BCUT2D eigenvalue weighted by Crippen LogP contribution is 2.55. The fourth-order valence-electron chi connectivity index (χ4n) is 3.79. The van der Waals surface area contributed by atoms with Gasteiger partial charge in [0, 0.05) is 23.7 Å². The molecule has 0 unspecified atom stereocenters. The van der Waals surface area contributed by atoms with Gasteiger partial charge in [0.2, 0.25) is 0 Å². The molecule has 0 bridgehead atoms. The Kier molecular flexibility index (Phi) is 2.53. The predicted molar refractivity (Wildman–Crippen MR) is 70.7 cm³/mol. The quantitative estimate of drug-likeness (QED) is 0.669. The van der Waals surface area contributed by atoms with Crippen LogP contribution in [0.15, 0.2) is 22.3 Å². The second-order valence-corrected chi connectivity index (χ2v) is 6.06. The Bertz CT molecular complexity index is 540. The summed E-state index contributed by atoms with van der Waals surface area (Å²) in [4.78, 5) is 49.4. The first-order chi connectivity index (χ1) is 9.29. The summed E-state index contributed by atoms with van der Waals surface area (Å²) in [5, 5.41) is 0. The van der Waals surface area contributed by atoms with Gasteiger partial charge in [0.05, 0.1) is 0 Å². The molecule has 0 aromatic carbocycles. The molecule has 20 heavy (non-hydrogen) atoms. The third-order valence-corrected chi connectivity index (χ3v) is 5.36. The van der Waals surface area contributed by atoms with Gasteiger partial charge >= 0.3 is 0 Å². The van der Waals surface area contributed by atoms with Crippen LogP contribution < -0.4 is 0 Å². The van der Waals surface area contributed by atoms with E-state index in [2.05, 4.69) is 0 Å². The van der Waals surface area contributed by atoms with Crippen LogP contribution in [-0.4, -0.2) is 23.1 Å². The molecule has 4 nitrogen and oxygen atoms in total. The van der Waals surface area contributed by atoms with Gasteiger partial charge < -0.3 is 0 Å². The van der Waals surface area contributed by atoms with Crippen LogP contribution in [0.5, 0.6) is 0 Å². The van der Waals surface area contributed by atoms with Gasteiger partial charge in [-0.1, -0.05) is 0 Å². The van der Waals surface area contributed by atoms with Gasteiger partial charge in [0.25, 0.3) is 0 Å². The normalized spacial score (nSPS) is 37.0. The van der Waals surface area contributed by atoms with Crippen molar-refractivity contribution in [2.75, 3.05) is 0 Å². The molecule has 3 aliphatic carbocycles. The van der Waals surface area contributed by atoms with E-state index < -0.39 is 23.7 Å². The molecule has 0 radical (unpaired) electrons. The molecular formula is C16H16O4. The van der Waals surface area contributed by atoms with Gasteiger partial charge in [0.1, 0.15) is 0 Å². The van der Waals surface area contributed by atoms with E-state index in [1.807, 2.05) is 0 Å². The van der Waals surface area contributed by atoms with Crippen molar-refractivity contribution in [1.29, 1.82) is 0 Å². The highest BCUT2D eigenvalue weighted by Gasteiger charge is 2.65. The van der Waals surface area contributed by atoms with Crippen molar-refractivity contribution in [3.05, 3.63) is 22.3 Å². The maximum absolute atomic E-state index is 12.3. The largest absolute Gasteiger partial charge is 0.294 e. The summed E-state index contributed by atoms with van der Waals surface area (Å²) < 4.78 is 0. The van der Waals surface area contributed by atoms with Crippen molar-refractivity contribution >= 4 is 23.1 Å². The molecule has 104 valence electrons. The first-order valence-electron chi connectivity index (χ1n) is 6.80. The van der Waals surface area contributed by atoms with Crippen LogP contribution in [0.2, 0.25) is 0 Å². The minimum absolute atomic E-state index is 0.137. The lowest BCUT2D eigenvalue weighted by Gasteiger charge is -2.52. The van der Waals surface area contributed by atoms with Crippen molar-refractivity contribution < 1.29 is 19.2 Å². The molecule has 0 heterocycles. The number of Topliss-reactive ketones (excluding diaryl/α,β-unsaturated/α-hetero) is 4. The molecule has 3 aliphatic rings. The zero-order chi connectivity index (χ0) is 14.9. The van der Waals surface area contributed by atoms with Gasteiger partial charge in [-0.15, -0.1) is 0 Å². The van der Waals surface area contributed by atoms with Crippen molar-refractivity contribution in [3.8, 4) is 0 Å². The standard InChI is InChI=1S/C16H16O4/c1-5-6(2)14(18)10-9(13(5)17)11-12(10)16(20)8(4)7(3)15(11)19/h9-12H,1-4H3. The van der Waals surface area contributed by atoms with E-state index in [4.69, 9.17) is 0 Å². The molecule has 1 saturated carbocycles. The number of hydrogen-bond acceptors (Lipinski definition) is 4. The maximum Gasteiger partial charge on any atom is 0.163 e. The number of carbonyl (C=O) groups excluding carboxylic acids is 4. The second kappa shape index (κ2) is 3.84. The summed E-state index contributed by atoms with van der Waals surface area (Å²) in [6.45, 7) is 6.51. The third-order valence-electron chi connectivity index (χ3n) is 5.36. The van der Waals surface area contributed by atoms with E-state index in [1.165, 1.54) is 0 Å². The summed E-state index contributed by atoms with van der Waals surface area (Å²) in [6, 6.07) is 0. The molecule has 0 saturated heterocycles. The van der Waals surface area contributed by atoms with Crippen molar-refractivity contribution in [1.82, 2.24) is 0 Å². The number of allylic oxidation sites excluding steroid dienone is 4. The highest BCUT2D eigenvalue weighted by molar-refractivity contribution is 6.23. The number of rotatable bonds is 0. The van der Waals surface area contributed by atoms with Gasteiger partial charge in [-0.2, -0.15) is 0 Å². The van der Waals surface area contributed by atoms with Crippen LogP contribution in [0, 0.1) is 23.7 Å². The van der Waals surface area contributed by atoms with E-state index in [0.29, 0.717) is 22.3 Å². The summed E-state index contributed by atoms with van der Waals surface area (Å²) >= 11 is 0. The first-order valence-corrected chi connectivity index (χ1v) is 6.80. The monoisotopic (exact) mass is 272 g/mol. The second-order valence-electron chi connectivity index (χ2n) is 6.06. The number of ketones is 4. The number of fused-ring (bicyclic) bond motifs is 4. The molecule has 0 aromatic heterocycles. The Labute approximate surface area is 116 Å². The average molecular weight is 272 g/mol. The molecule has 0 spiro atoms. The van der Waals surface area contributed by atoms with Crippen LogP contribution in [0.25, 0.3) is 0 Å². The average Bonchev–Trinajstić information content (AvgIpc) is 2.39. The molecular weight excluding hydrogens is 256 g/mol. The maximum atomic E-state index is 12.3. The van der Waals surface area contributed by atoms with Crippen LogP contribution in [0.3, 0.4) is 0 Å². The lowest BCUT2D eigenvalue weighted by molar-refractivity contribution is -0.161. The van der Waals surface area contributed by atoms with Gasteiger partial charge in [-0.25, -0.2) is 0 Å². The molecule has 0 amide bonds. The third kappa shape index (κ3) is 1.27. The fraction of sp³-hybridized carbons (Fsp3) is 0.500.